The molecule has 0 aliphatic carbocycles. The predicted octanol–water partition coefficient (Wildman–Crippen LogP) is -1.78. The lowest BCUT2D eigenvalue weighted by atomic mass is 10.0. The van der Waals surface area contributed by atoms with E-state index in [2.05, 4.69) is 16.2 Å². The first kappa shape index (κ1) is 13.4. The van der Waals surface area contributed by atoms with E-state index in [1.807, 2.05) is 19.0 Å². The largest absolute Gasteiger partial charge is 0.355 e. The molecule has 1 saturated heterocycles. The summed E-state index contributed by atoms with van der Waals surface area (Å²) < 4.78 is 0. The normalized spacial score (nSPS) is 15.9. The highest BCUT2D eigenvalue weighted by molar-refractivity contribution is 6.05. The van der Waals surface area contributed by atoms with E-state index in [9.17, 15) is 14.4 Å². The molecule has 0 radical (unpaired) electrons. The molecule has 1 aliphatic heterocycles. The molecule has 0 aromatic rings. The van der Waals surface area contributed by atoms with Gasteiger partial charge in [-0.15, -0.1) is 0 Å². The van der Waals surface area contributed by atoms with Crippen molar-refractivity contribution in [3.63, 3.8) is 0 Å². The average Bonchev–Trinajstić information content (AvgIpc) is 2.55. The van der Waals surface area contributed by atoms with Crippen molar-refractivity contribution < 1.29 is 14.4 Å². The van der Waals surface area contributed by atoms with Crippen molar-refractivity contribution >= 4 is 17.7 Å². The number of likely N-dealkylation sites (N-methyl/N-ethyl adjacent to an activating group) is 1. The van der Waals surface area contributed by atoms with Crippen LogP contribution in [-0.4, -0.2) is 49.8 Å². The Labute approximate surface area is 99.9 Å². The van der Waals surface area contributed by atoms with E-state index >= 15 is 0 Å². The highest BCUT2D eigenvalue weighted by Gasteiger charge is 2.32. The molecule has 3 amide bonds. The molecule has 0 spiro atoms. The van der Waals surface area contributed by atoms with Crippen LogP contribution in [0.15, 0.2) is 0 Å². The molecule has 7 heteroatoms. The van der Waals surface area contributed by atoms with Crippen molar-refractivity contribution in [1.82, 2.24) is 21.1 Å². The minimum absolute atomic E-state index is 0.139. The fourth-order valence-corrected chi connectivity index (χ4v) is 1.46. The van der Waals surface area contributed by atoms with E-state index in [4.69, 9.17) is 0 Å². The topological polar surface area (TPSA) is 90.5 Å². The van der Waals surface area contributed by atoms with Gasteiger partial charge in [0.1, 0.15) is 5.92 Å². The third-order valence-corrected chi connectivity index (χ3v) is 2.48. The van der Waals surface area contributed by atoms with E-state index in [1.165, 1.54) is 0 Å². The van der Waals surface area contributed by atoms with Crippen molar-refractivity contribution in [2.75, 3.05) is 27.2 Å². The summed E-state index contributed by atoms with van der Waals surface area (Å²) in [6.45, 7) is 1.32. The lowest BCUT2D eigenvalue weighted by Crippen LogP contribution is -2.32. The van der Waals surface area contributed by atoms with Crippen molar-refractivity contribution in [3.05, 3.63) is 0 Å². The van der Waals surface area contributed by atoms with Crippen LogP contribution in [0.2, 0.25) is 0 Å². The van der Waals surface area contributed by atoms with Crippen molar-refractivity contribution in [1.29, 1.82) is 0 Å². The van der Waals surface area contributed by atoms with E-state index in [1.54, 1.807) is 0 Å². The van der Waals surface area contributed by atoms with E-state index < -0.39 is 5.92 Å². The maximum Gasteiger partial charge on any atom is 0.251 e. The summed E-state index contributed by atoms with van der Waals surface area (Å²) in [5.41, 5.74) is 4.45. The lowest BCUT2D eigenvalue weighted by Gasteiger charge is -2.10. The van der Waals surface area contributed by atoms with Crippen LogP contribution in [0.25, 0.3) is 0 Å². The summed E-state index contributed by atoms with van der Waals surface area (Å²) in [5, 5.41) is 2.72. The molecule has 0 atom stereocenters. The zero-order valence-electron chi connectivity index (χ0n) is 10.1. The van der Waals surface area contributed by atoms with Gasteiger partial charge in [-0.2, -0.15) is 0 Å². The van der Waals surface area contributed by atoms with Crippen molar-refractivity contribution in [2.45, 2.75) is 12.8 Å². The Morgan fingerprint density at radius 2 is 1.88 bits per heavy atom. The van der Waals surface area contributed by atoms with E-state index in [0.29, 0.717) is 6.54 Å². The Hall–Kier alpha value is -1.63. The minimum Gasteiger partial charge on any atom is -0.355 e. The highest BCUT2D eigenvalue weighted by Crippen LogP contribution is 2.10. The maximum absolute atomic E-state index is 11.4. The fourth-order valence-electron chi connectivity index (χ4n) is 1.46. The number of hydrogen-bond donors (Lipinski definition) is 3. The number of nitrogens with one attached hydrogen (secondary N) is 3. The minimum atomic E-state index is -0.741. The molecule has 3 N–H and O–H groups in total. The second-order valence-corrected chi connectivity index (χ2v) is 4.22. The molecular formula is C10H18N4O3. The summed E-state index contributed by atoms with van der Waals surface area (Å²) in [7, 11) is 3.83. The van der Waals surface area contributed by atoms with Gasteiger partial charge in [0.2, 0.25) is 5.91 Å². The molecule has 17 heavy (non-hydrogen) atoms. The number of amides is 3. The zero-order chi connectivity index (χ0) is 12.8. The summed E-state index contributed by atoms with van der Waals surface area (Å²) in [4.78, 5) is 35.7. The Morgan fingerprint density at radius 1 is 1.29 bits per heavy atom. The third kappa shape index (κ3) is 4.39. The van der Waals surface area contributed by atoms with Crippen LogP contribution in [0, 0.1) is 5.92 Å². The maximum atomic E-state index is 11.4. The van der Waals surface area contributed by atoms with Crippen molar-refractivity contribution in [3.8, 4) is 0 Å². The van der Waals surface area contributed by atoms with Gasteiger partial charge in [0.25, 0.3) is 11.8 Å². The Kier molecular flexibility index (Phi) is 4.89. The molecule has 0 aromatic heterocycles. The van der Waals surface area contributed by atoms with E-state index in [0.717, 1.165) is 6.54 Å². The molecule has 1 rings (SSSR count). The first-order valence-corrected chi connectivity index (χ1v) is 5.52. The number of rotatable bonds is 6. The van der Waals surface area contributed by atoms with Crippen LogP contribution < -0.4 is 16.2 Å². The first-order chi connectivity index (χ1) is 8.00. The molecule has 7 nitrogen and oxygen atoms in total. The summed E-state index contributed by atoms with van der Waals surface area (Å²) in [5.74, 6) is -1.61. The second kappa shape index (κ2) is 6.19. The number of hydrogen-bond acceptors (Lipinski definition) is 4. The molecule has 0 saturated carbocycles. The SMILES string of the molecule is CN(C)CCNC(=O)CCC1C(=O)NNC1=O. The summed E-state index contributed by atoms with van der Waals surface area (Å²) in [6.07, 6.45) is 0.421. The Balaban J connectivity index is 2.19. The Bertz CT molecular complexity index is 301. The van der Waals surface area contributed by atoms with Gasteiger partial charge in [0.15, 0.2) is 0 Å². The molecule has 0 aromatic carbocycles. The molecular weight excluding hydrogens is 224 g/mol. The fraction of sp³-hybridized carbons (Fsp3) is 0.700. The van der Waals surface area contributed by atoms with E-state index in [-0.39, 0.29) is 30.6 Å². The monoisotopic (exact) mass is 242 g/mol. The molecule has 1 heterocycles. The zero-order valence-corrected chi connectivity index (χ0v) is 10.1. The molecule has 1 fully saturated rings. The number of carbonyl (C=O) groups is 3. The van der Waals surface area contributed by atoms with Crippen LogP contribution in [0.4, 0.5) is 0 Å². The predicted molar refractivity (Wildman–Crippen MR) is 60.6 cm³/mol. The first-order valence-electron chi connectivity index (χ1n) is 5.52. The quantitative estimate of drug-likeness (QED) is 0.480. The van der Waals surface area contributed by atoms with Gasteiger partial charge in [-0.1, -0.05) is 0 Å². The van der Waals surface area contributed by atoms with Gasteiger partial charge in [0.05, 0.1) is 0 Å². The smallest absolute Gasteiger partial charge is 0.251 e. The summed E-state index contributed by atoms with van der Waals surface area (Å²) in [6, 6.07) is 0. The van der Waals surface area contributed by atoms with Crippen LogP contribution in [0.5, 0.6) is 0 Å². The molecule has 0 unspecified atom stereocenters. The lowest BCUT2D eigenvalue weighted by molar-refractivity contribution is -0.128. The second-order valence-electron chi connectivity index (χ2n) is 4.22. The van der Waals surface area contributed by atoms with Crippen LogP contribution in [0.1, 0.15) is 12.8 Å². The van der Waals surface area contributed by atoms with Crippen LogP contribution >= 0.6 is 0 Å². The molecule has 1 aliphatic rings. The standard InChI is InChI=1S/C10H18N4O3/c1-14(2)6-5-11-8(15)4-3-7-9(16)12-13-10(7)17/h7H,3-6H2,1-2H3,(H,11,15)(H,12,16)(H,13,17). The van der Waals surface area contributed by atoms with Gasteiger partial charge >= 0.3 is 0 Å². The molecule has 0 bridgehead atoms. The van der Waals surface area contributed by atoms with Gasteiger partial charge in [-0.3, -0.25) is 25.2 Å². The number of nitrogens with zero attached hydrogens (tertiary/aromatic N) is 1. The number of carbonyl (C=O) groups excluding carboxylic acids is 3. The Morgan fingerprint density at radius 3 is 2.41 bits per heavy atom. The van der Waals surface area contributed by atoms with Gasteiger partial charge in [-0.05, 0) is 20.5 Å². The van der Waals surface area contributed by atoms with Gasteiger partial charge < -0.3 is 10.2 Å². The van der Waals surface area contributed by atoms with Gasteiger partial charge in [0, 0.05) is 19.5 Å². The van der Waals surface area contributed by atoms with Crippen LogP contribution in [0.3, 0.4) is 0 Å². The number of hydrazine groups is 1. The summed E-state index contributed by atoms with van der Waals surface area (Å²) >= 11 is 0. The van der Waals surface area contributed by atoms with Crippen LogP contribution in [-0.2, 0) is 14.4 Å². The van der Waals surface area contributed by atoms with Gasteiger partial charge in [-0.25, -0.2) is 0 Å². The third-order valence-electron chi connectivity index (χ3n) is 2.48. The van der Waals surface area contributed by atoms with Crippen molar-refractivity contribution in [2.24, 2.45) is 5.92 Å². The average molecular weight is 242 g/mol. The highest BCUT2D eigenvalue weighted by atomic mass is 16.2. The molecule has 96 valence electrons.